The summed E-state index contributed by atoms with van der Waals surface area (Å²) in [6.07, 6.45) is 2.19. The second kappa shape index (κ2) is 6.22. The van der Waals surface area contributed by atoms with Gasteiger partial charge in [0.2, 0.25) is 0 Å². The highest BCUT2D eigenvalue weighted by Gasteiger charge is 2.27. The van der Waals surface area contributed by atoms with E-state index >= 15 is 0 Å². The number of thioether (sulfide) groups is 1. The molecule has 20 heavy (non-hydrogen) atoms. The first-order chi connectivity index (χ1) is 9.40. The van der Waals surface area contributed by atoms with Crippen molar-refractivity contribution in [1.29, 1.82) is 0 Å². The van der Waals surface area contributed by atoms with Crippen LogP contribution in [-0.4, -0.2) is 31.7 Å². The van der Waals surface area contributed by atoms with Gasteiger partial charge in [0, 0.05) is 30.8 Å². The standard InChI is InChI=1S/C12H13ClF3N3S/c1-8-6-9-11(17-7-8)19(10(18-9)2-3-13)4-5-20-12(14,15)16/h6-7H,2-5H2,1H3. The van der Waals surface area contributed by atoms with Gasteiger partial charge < -0.3 is 4.57 Å². The van der Waals surface area contributed by atoms with E-state index in [9.17, 15) is 13.2 Å². The number of halogens is 4. The van der Waals surface area contributed by atoms with E-state index in [1.54, 1.807) is 10.8 Å². The summed E-state index contributed by atoms with van der Waals surface area (Å²) in [7, 11) is 0. The summed E-state index contributed by atoms with van der Waals surface area (Å²) in [6.45, 7) is 2.11. The highest BCUT2D eigenvalue weighted by atomic mass is 35.5. The van der Waals surface area contributed by atoms with Gasteiger partial charge in [-0.2, -0.15) is 13.2 Å². The normalized spacial score (nSPS) is 12.2. The van der Waals surface area contributed by atoms with Gasteiger partial charge in [0.15, 0.2) is 5.65 Å². The summed E-state index contributed by atoms with van der Waals surface area (Å²) in [4.78, 5) is 8.67. The van der Waals surface area contributed by atoms with Crippen LogP contribution in [0.4, 0.5) is 13.2 Å². The first-order valence-corrected chi connectivity index (χ1v) is 7.51. The SMILES string of the molecule is Cc1cnc2c(c1)nc(CCCl)n2CCSC(F)(F)F. The molecule has 0 aliphatic carbocycles. The van der Waals surface area contributed by atoms with Crippen LogP contribution in [-0.2, 0) is 13.0 Å². The number of imidazole rings is 1. The lowest BCUT2D eigenvalue weighted by Crippen LogP contribution is -2.10. The van der Waals surface area contributed by atoms with Crippen LogP contribution in [0.15, 0.2) is 12.3 Å². The Morgan fingerprint density at radius 2 is 2.15 bits per heavy atom. The Kier molecular flexibility index (Phi) is 4.80. The Bertz CT molecular complexity index is 597. The van der Waals surface area contributed by atoms with Crippen molar-refractivity contribution in [2.45, 2.75) is 25.4 Å². The smallest absolute Gasteiger partial charge is 0.312 e. The van der Waals surface area contributed by atoms with Gasteiger partial charge in [0.25, 0.3) is 0 Å². The van der Waals surface area contributed by atoms with Crippen LogP contribution in [0, 0.1) is 6.92 Å². The van der Waals surface area contributed by atoms with Crippen molar-refractivity contribution in [3.63, 3.8) is 0 Å². The number of aryl methyl sites for hydroxylation is 3. The second-order valence-electron chi connectivity index (χ2n) is 4.27. The Hall–Kier alpha value is -0.950. The van der Waals surface area contributed by atoms with Crippen LogP contribution in [0.2, 0.25) is 0 Å². The minimum atomic E-state index is -4.22. The predicted octanol–water partition coefficient (Wildman–Crippen LogP) is 3.77. The van der Waals surface area contributed by atoms with E-state index in [1.807, 2.05) is 13.0 Å². The molecular weight excluding hydrogens is 311 g/mol. The molecule has 0 unspecified atom stereocenters. The zero-order chi connectivity index (χ0) is 14.8. The monoisotopic (exact) mass is 323 g/mol. The van der Waals surface area contributed by atoms with Crippen LogP contribution < -0.4 is 0 Å². The number of nitrogens with zero attached hydrogens (tertiary/aromatic N) is 3. The summed E-state index contributed by atoms with van der Waals surface area (Å²) in [5.74, 6) is 0.977. The third kappa shape index (κ3) is 3.79. The first-order valence-electron chi connectivity index (χ1n) is 5.99. The van der Waals surface area contributed by atoms with Gasteiger partial charge in [-0.3, -0.25) is 0 Å². The second-order valence-corrected chi connectivity index (χ2v) is 5.81. The van der Waals surface area contributed by atoms with Gasteiger partial charge in [0.05, 0.1) is 0 Å². The highest BCUT2D eigenvalue weighted by Crippen LogP contribution is 2.30. The average Bonchev–Trinajstić information content (AvgIpc) is 2.65. The fourth-order valence-electron chi connectivity index (χ4n) is 1.92. The lowest BCUT2D eigenvalue weighted by molar-refractivity contribution is -0.0328. The van der Waals surface area contributed by atoms with Gasteiger partial charge in [-0.25, -0.2) is 9.97 Å². The Labute approximate surface area is 123 Å². The minimum Gasteiger partial charge on any atom is -0.312 e. The molecule has 110 valence electrons. The van der Waals surface area contributed by atoms with Crippen LogP contribution in [0.5, 0.6) is 0 Å². The van der Waals surface area contributed by atoms with E-state index in [2.05, 4.69) is 9.97 Å². The molecule has 2 aromatic heterocycles. The Balaban J connectivity index is 2.26. The molecule has 0 fully saturated rings. The minimum absolute atomic E-state index is 0.0391. The van der Waals surface area contributed by atoms with Gasteiger partial charge >= 0.3 is 5.51 Å². The molecular formula is C12H13ClF3N3S. The van der Waals surface area contributed by atoms with E-state index < -0.39 is 5.51 Å². The fraction of sp³-hybridized carbons (Fsp3) is 0.500. The van der Waals surface area contributed by atoms with E-state index in [-0.39, 0.29) is 24.1 Å². The number of hydrogen-bond donors (Lipinski definition) is 0. The van der Waals surface area contributed by atoms with Crippen molar-refractivity contribution in [2.24, 2.45) is 0 Å². The number of alkyl halides is 4. The van der Waals surface area contributed by atoms with Crippen molar-refractivity contribution in [1.82, 2.24) is 14.5 Å². The molecule has 0 aliphatic heterocycles. The number of hydrogen-bond acceptors (Lipinski definition) is 3. The largest absolute Gasteiger partial charge is 0.441 e. The molecule has 0 amide bonds. The van der Waals surface area contributed by atoms with Crippen molar-refractivity contribution in [2.75, 3.05) is 11.6 Å². The zero-order valence-corrected chi connectivity index (χ0v) is 12.3. The number of pyridine rings is 1. The predicted molar refractivity (Wildman–Crippen MR) is 75.2 cm³/mol. The summed E-state index contributed by atoms with van der Waals surface area (Å²) < 4.78 is 38.3. The van der Waals surface area contributed by atoms with Gasteiger partial charge in [0.1, 0.15) is 11.3 Å². The molecule has 8 heteroatoms. The molecule has 0 aromatic carbocycles. The molecule has 2 heterocycles. The van der Waals surface area contributed by atoms with Crippen molar-refractivity contribution < 1.29 is 13.2 Å². The summed E-state index contributed by atoms with van der Waals surface area (Å²) in [5.41, 5.74) is -1.95. The van der Waals surface area contributed by atoms with Crippen molar-refractivity contribution in [3.05, 3.63) is 23.7 Å². The Morgan fingerprint density at radius 1 is 1.40 bits per heavy atom. The molecule has 3 nitrogen and oxygen atoms in total. The van der Waals surface area contributed by atoms with Crippen LogP contribution >= 0.6 is 23.4 Å². The first kappa shape index (κ1) is 15.4. The fourth-order valence-corrected chi connectivity index (χ4v) is 2.60. The van der Waals surface area contributed by atoms with Crippen LogP contribution in [0.1, 0.15) is 11.4 Å². The van der Waals surface area contributed by atoms with Crippen LogP contribution in [0.3, 0.4) is 0 Å². The molecule has 2 rings (SSSR count). The molecule has 0 spiro atoms. The van der Waals surface area contributed by atoms with E-state index in [4.69, 9.17) is 11.6 Å². The number of aromatic nitrogens is 3. The topological polar surface area (TPSA) is 30.7 Å². The maximum Gasteiger partial charge on any atom is 0.441 e. The Morgan fingerprint density at radius 3 is 2.80 bits per heavy atom. The van der Waals surface area contributed by atoms with E-state index in [0.717, 1.165) is 5.56 Å². The van der Waals surface area contributed by atoms with Crippen molar-refractivity contribution >= 4 is 34.5 Å². The maximum atomic E-state index is 12.2. The number of rotatable bonds is 5. The summed E-state index contributed by atoms with van der Waals surface area (Å²) in [6, 6.07) is 1.87. The molecule has 0 saturated heterocycles. The molecule has 0 N–H and O–H groups in total. The third-order valence-corrected chi connectivity index (χ3v) is 3.60. The van der Waals surface area contributed by atoms with Crippen molar-refractivity contribution in [3.8, 4) is 0 Å². The third-order valence-electron chi connectivity index (χ3n) is 2.70. The molecule has 2 aromatic rings. The zero-order valence-electron chi connectivity index (χ0n) is 10.7. The lowest BCUT2D eigenvalue weighted by Gasteiger charge is -2.09. The summed E-state index contributed by atoms with van der Waals surface area (Å²) in [5, 5.41) is 0. The highest BCUT2D eigenvalue weighted by molar-refractivity contribution is 8.00. The lowest BCUT2D eigenvalue weighted by atomic mass is 10.3. The molecule has 0 bridgehead atoms. The van der Waals surface area contributed by atoms with Crippen LogP contribution in [0.25, 0.3) is 11.2 Å². The molecule has 0 radical (unpaired) electrons. The van der Waals surface area contributed by atoms with Gasteiger partial charge in [-0.1, -0.05) is 0 Å². The average molecular weight is 324 g/mol. The van der Waals surface area contributed by atoms with E-state index in [1.165, 1.54) is 0 Å². The van der Waals surface area contributed by atoms with Gasteiger partial charge in [-0.05, 0) is 30.3 Å². The summed E-state index contributed by atoms with van der Waals surface area (Å²) >= 11 is 5.68. The molecule has 0 saturated carbocycles. The quantitative estimate of drug-likeness (QED) is 0.785. The maximum absolute atomic E-state index is 12.2. The molecule has 0 atom stereocenters. The van der Waals surface area contributed by atoms with E-state index in [0.29, 0.717) is 29.3 Å². The number of fused-ring (bicyclic) bond motifs is 1. The van der Waals surface area contributed by atoms with Gasteiger partial charge in [-0.15, -0.1) is 11.6 Å². The molecule has 0 aliphatic rings.